The van der Waals surface area contributed by atoms with E-state index >= 15 is 0 Å². The number of aromatic amines is 1. The number of aromatic nitrogens is 1. The van der Waals surface area contributed by atoms with Gasteiger partial charge in [0.15, 0.2) is 17.6 Å². The predicted molar refractivity (Wildman–Crippen MR) is 104 cm³/mol. The predicted octanol–water partition coefficient (Wildman–Crippen LogP) is 2.45. The highest BCUT2D eigenvalue weighted by Gasteiger charge is 2.25. The Bertz CT molecular complexity index is 1090. The highest BCUT2D eigenvalue weighted by atomic mass is 16.6. The third-order valence-corrected chi connectivity index (χ3v) is 4.71. The molecule has 28 heavy (non-hydrogen) atoms. The summed E-state index contributed by atoms with van der Waals surface area (Å²) in [6.45, 7) is 0.635. The SMILES string of the molecule is COc1ccc2c(=O)c(C(=O)N(C)C[C@@H]3COc4ccccc4O3)c[nH]c2c1. The minimum atomic E-state index is -0.374. The highest BCUT2D eigenvalue weighted by Crippen LogP contribution is 2.31. The average molecular weight is 380 g/mol. The summed E-state index contributed by atoms with van der Waals surface area (Å²) in [5.41, 5.74) is 0.376. The Kier molecular flexibility index (Phi) is 4.65. The molecule has 0 aliphatic carbocycles. The van der Waals surface area contributed by atoms with Crippen LogP contribution in [0.5, 0.6) is 17.2 Å². The van der Waals surface area contributed by atoms with Gasteiger partial charge in [-0.25, -0.2) is 0 Å². The van der Waals surface area contributed by atoms with Gasteiger partial charge in [0.1, 0.15) is 17.9 Å². The van der Waals surface area contributed by atoms with Crippen molar-refractivity contribution in [1.29, 1.82) is 0 Å². The zero-order valence-electron chi connectivity index (χ0n) is 15.6. The topological polar surface area (TPSA) is 80.9 Å². The molecule has 0 fully saturated rings. The zero-order chi connectivity index (χ0) is 19.7. The first-order valence-electron chi connectivity index (χ1n) is 8.90. The van der Waals surface area contributed by atoms with Gasteiger partial charge in [-0.2, -0.15) is 0 Å². The third-order valence-electron chi connectivity index (χ3n) is 4.71. The fourth-order valence-electron chi connectivity index (χ4n) is 3.23. The molecule has 0 saturated heterocycles. The summed E-state index contributed by atoms with van der Waals surface area (Å²) in [7, 11) is 3.20. The first-order valence-corrected chi connectivity index (χ1v) is 8.90. The van der Waals surface area contributed by atoms with Crippen LogP contribution in [0.1, 0.15) is 10.4 Å². The molecule has 1 aromatic heterocycles. The number of rotatable bonds is 4. The van der Waals surface area contributed by atoms with Crippen LogP contribution in [0, 0.1) is 0 Å². The van der Waals surface area contributed by atoms with Crippen LogP contribution >= 0.6 is 0 Å². The van der Waals surface area contributed by atoms with Crippen LogP contribution in [0.25, 0.3) is 10.9 Å². The summed E-state index contributed by atoms with van der Waals surface area (Å²) in [5, 5.41) is 0.436. The Labute approximate surface area is 161 Å². The number of fused-ring (bicyclic) bond motifs is 2. The van der Waals surface area contributed by atoms with Crippen molar-refractivity contribution in [3.8, 4) is 17.2 Å². The lowest BCUT2D eigenvalue weighted by atomic mass is 10.1. The van der Waals surface area contributed by atoms with Crippen molar-refractivity contribution in [2.24, 2.45) is 0 Å². The van der Waals surface area contributed by atoms with Crippen LogP contribution in [0.15, 0.2) is 53.5 Å². The second-order valence-corrected chi connectivity index (χ2v) is 6.63. The third kappa shape index (κ3) is 3.26. The molecule has 7 heteroatoms. The molecule has 0 bridgehead atoms. The lowest BCUT2D eigenvalue weighted by Gasteiger charge is -2.29. The van der Waals surface area contributed by atoms with Crippen LogP contribution < -0.4 is 19.6 Å². The van der Waals surface area contributed by atoms with Gasteiger partial charge in [0, 0.05) is 24.7 Å². The molecule has 144 valence electrons. The van der Waals surface area contributed by atoms with Crippen molar-refractivity contribution in [2.75, 3.05) is 27.3 Å². The Balaban J connectivity index is 1.53. The maximum absolute atomic E-state index is 12.8. The standard InChI is InChI=1S/C21H20N2O5/c1-23(11-14-12-27-18-5-3-4-6-19(18)28-14)21(25)16-10-22-17-9-13(26-2)7-8-15(17)20(16)24/h3-10,14H,11-12H2,1-2H3,(H,22,24)/t14-/m1/s1. The van der Waals surface area contributed by atoms with Gasteiger partial charge in [0.05, 0.1) is 19.2 Å². The molecular formula is C21H20N2O5. The minimum Gasteiger partial charge on any atom is -0.497 e. The molecule has 0 saturated carbocycles. The molecule has 7 nitrogen and oxygen atoms in total. The second kappa shape index (κ2) is 7.26. The van der Waals surface area contributed by atoms with Gasteiger partial charge in [0.25, 0.3) is 5.91 Å². The van der Waals surface area contributed by atoms with Crippen molar-refractivity contribution in [1.82, 2.24) is 9.88 Å². The number of para-hydroxylation sites is 2. The van der Waals surface area contributed by atoms with E-state index in [4.69, 9.17) is 14.2 Å². The van der Waals surface area contributed by atoms with E-state index in [1.54, 1.807) is 32.4 Å². The van der Waals surface area contributed by atoms with Crippen molar-refractivity contribution < 1.29 is 19.0 Å². The molecule has 2 heterocycles. The van der Waals surface area contributed by atoms with E-state index in [-0.39, 0.29) is 23.0 Å². The molecule has 1 amide bonds. The van der Waals surface area contributed by atoms with Crippen molar-refractivity contribution in [3.63, 3.8) is 0 Å². The van der Waals surface area contributed by atoms with E-state index in [2.05, 4.69) is 4.98 Å². The summed E-state index contributed by atoms with van der Waals surface area (Å²) in [5.74, 6) is 1.60. The van der Waals surface area contributed by atoms with E-state index in [0.29, 0.717) is 41.3 Å². The smallest absolute Gasteiger partial charge is 0.259 e. The Hall–Kier alpha value is -3.48. The normalized spacial score (nSPS) is 15.3. The zero-order valence-corrected chi connectivity index (χ0v) is 15.6. The van der Waals surface area contributed by atoms with E-state index in [0.717, 1.165) is 0 Å². The molecule has 4 rings (SSSR count). The first kappa shape index (κ1) is 17.9. The summed E-state index contributed by atoms with van der Waals surface area (Å²) >= 11 is 0. The quantitative estimate of drug-likeness (QED) is 0.752. The number of hydrogen-bond donors (Lipinski definition) is 1. The number of amides is 1. The number of carbonyl (C=O) groups is 1. The monoisotopic (exact) mass is 380 g/mol. The number of nitrogens with one attached hydrogen (secondary N) is 1. The van der Waals surface area contributed by atoms with Gasteiger partial charge in [-0.3, -0.25) is 9.59 Å². The Morgan fingerprint density at radius 2 is 2.04 bits per heavy atom. The van der Waals surface area contributed by atoms with Gasteiger partial charge in [0.2, 0.25) is 5.43 Å². The van der Waals surface area contributed by atoms with Crippen LogP contribution in [-0.4, -0.2) is 49.2 Å². The van der Waals surface area contributed by atoms with Crippen LogP contribution in [-0.2, 0) is 0 Å². The summed E-state index contributed by atoms with van der Waals surface area (Å²) in [6, 6.07) is 12.5. The summed E-state index contributed by atoms with van der Waals surface area (Å²) in [4.78, 5) is 30.1. The fourth-order valence-corrected chi connectivity index (χ4v) is 3.23. The van der Waals surface area contributed by atoms with Crippen molar-refractivity contribution >= 4 is 16.8 Å². The Morgan fingerprint density at radius 3 is 2.82 bits per heavy atom. The number of nitrogens with zero attached hydrogens (tertiary/aromatic N) is 1. The van der Waals surface area contributed by atoms with E-state index < -0.39 is 0 Å². The van der Waals surface area contributed by atoms with Crippen molar-refractivity contribution in [3.05, 3.63) is 64.4 Å². The molecule has 0 radical (unpaired) electrons. The van der Waals surface area contributed by atoms with E-state index in [9.17, 15) is 9.59 Å². The largest absolute Gasteiger partial charge is 0.497 e. The lowest BCUT2D eigenvalue weighted by molar-refractivity contribution is 0.0520. The number of likely N-dealkylation sites (N-methyl/N-ethyl adjacent to an activating group) is 1. The van der Waals surface area contributed by atoms with E-state index in [1.165, 1.54) is 11.1 Å². The Morgan fingerprint density at radius 1 is 1.25 bits per heavy atom. The molecule has 1 aliphatic rings. The van der Waals surface area contributed by atoms with Gasteiger partial charge >= 0.3 is 0 Å². The molecular weight excluding hydrogens is 360 g/mol. The molecule has 1 atom stereocenters. The van der Waals surface area contributed by atoms with Crippen LogP contribution in [0.2, 0.25) is 0 Å². The first-order chi connectivity index (χ1) is 13.6. The summed E-state index contributed by atoms with van der Waals surface area (Å²) in [6.07, 6.45) is 1.13. The van der Waals surface area contributed by atoms with Gasteiger partial charge < -0.3 is 24.1 Å². The van der Waals surface area contributed by atoms with Gasteiger partial charge in [-0.05, 0) is 24.3 Å². The second-order valence-electron chi connectivity index (χ2n) is 6.63. The minimum absolute atomic E-state index is 0.0808. The number of methoxy groups -OCH3 is 1. The molecule has 2 aromatic carbocycles. The van der Waals surface area contributed by atoms with Crippen LogP contribution in [0.4, 0.5) is 0 Å². The maximum atomic E-state index is 12.8. The fraction of sp³-hybridized carbons (Fsp3) is 0.238. The number of pyridine rings is 1. The number of H-pyrrole nitrogens is 1. The maximum Gasteiger partial charge on any atom is 0.259 e. The van der Waals surface area contributed by atoms with E-state index in [1.807, 2.05) is 24.3 Å². The average Bonchev–Trinajstić information content (AvgIpc) is 2.73. The molecule has 1 N–H and O–H groups in total. The number of benzene rings is 2. The molecule has 3 aromatic rings. The van der Waals surface area contributed by atoms with Gasteiger partial charge in [-0.15, -0.1) is 0 Å². The number of hydrogen-bond acceptors (Lipinski definition) is 5. The number of ether oxygens (including phenoxy) is 3. The van der Waals surface area contributed by atoms with Gasteiger partial charge in [-0.1, -0.05) is 12.1 Å². The lowest BCUT2D eigenvalue weighted by Crippen LogP contribution is -2.42. The molecule has 1 aliphatic heterocycles. The summed E-state index contributed by atoms with van der Waals surface area (Å²) < 4.78 is 16.7. The molecule has 0 unspecified atom stereocenters. The highest BCUT2D eigenvalue weighted by molar-refractivity contribution is 5.97. The van der Waals surface area contributed by atoms with Crippen molar-refractivity contribution in [2.45, 2.75) is 6.10 Å². The number of carbonyl (C=O) groups excluding carboxylic acids is 1. The molecule has 0 spiro atoms. The van der Waals surface area contributed by atoms with Crippen LogP contribution in [0.3, 0.4) is 0 Å².